The van der Waals surface area contributed by atoms with Crippen molar-refractivity contribution in [2.45, 2.75) is 129 Å². The van der Waals surface area contributed by atoms with Crippen LogP contribution in [0.1, 0.15) is 74.7 Å². The molecule has 0 amide bonds. The molecule has 0 aromatic rings. The Balaban J connectivity index is 2.18. The van der Waals surface area contributed by atoms with Crippen LogP contribution >= 0.6 is 0 Å². The molecule has 3 heterocycles. The molecule has 0 saturated carbocycles. The molecule has 0 radical (unpaired) electrons. The highest BCUT2D eigenvalue weighted by Crippen LogP contribution is 2.39. The molecule has 0 aromatic heterocycles. The molecule has 252 valence electrons. The first-order chi connectivity index (χ1) is 20.5. The highest BCUT2D eigenvalue weighted by molar-refractivity contribution is 6.00. The Kier molecular flexibility index (Phi) is 12.3. The lowest BCUT2D eigenvalue weighted by Crippen LogP contribution is -2.60. The molecule has 11 heteroatoms. The van der Waals surface area contributed by atoms with Crippen molar-refractivity contribution in [1.82, 2.24) is 4.90 Å². The van der Waals surface area contributed by atoms with Crippen molar-refractivity contribution in [2.24, 2.45) is 23.7 Å². The molecule has 3 aliphatic heterocycles. The summed E-state index contributed by atoms with van der Waals surface area (Å²) in [7, 11) is 3.75. The quantitative estimate of drug-likeness (QED) is 0.271. The molecular formula is C33H55NO10. The Bertz CT molecular complexity index is 1050. The number of nitrogens with zero attached hydrogens (tertiary/aromatic N) is 1. The van der Waals surface area contributed by atoms with E-state index in [2.05, 4.69) is 0 Å². The van der Waals surface area contributed by atoms with Crippen LogP contribution in [0.3, 0.4) is 0 Å². The molecule has 13 atom stereocenters. The largest absolute Gasteiger partial charge is 0.459 e. The normalized spacial score (nSPS) is 45.9. The lowest BCUT2D eigenvalue weighted by molar-refractivity contribution is -0.296. The Morgan fingerprint density at radius 3 is 2.25 bits per heavy atom. The number of aliphatic hydroxyl groups excluding tert-OH is 1. The summed E-state index contributed by atoms with van der Waals surface area (Å²) in [6.45, 7) is 13.8. The van der Waals surface area contributed by atoms with Crippen molar-refractivity contribution in [3.05, 3.63) is 12.2 Å². The summed E-state index contributed by atoms with van der Waals surface area (Å²) in [4.78, 5) is 43.4. The van der Waals surface area contributed by atoms with Crippen molar-refractivity contribution in [3.63, 3.8) is 0 Å². The number of carbonyl (C=O) groups excluding carboxylic acids is 3. The monoisotopic (exact) mass is 625 g/mol. The van der Waals surface area contributed by atoms with Crippen LogP contribution in [0.15, 0.2) is 12.2 Å². The fraction of sp³-hybridized carbons (Fsp3) is 0.848. The van der Waals surface area contributed by atoms with Crippen LogP contribution < -0.4 is 0 Å². The number of likely N-dealkylation sites (N-methyl/N-ethyl adjacent to an activating group) is 1. The fourth-order valence-corrected chi connectivity index (χ4v) is 7.21. The van der Waals surface area contributed by atoms with Gasteiger partial charge in [-0.15, -0.1) is 0 Å². The third-order valence-electron chi connectivity index (χ3n) is 9.85. The molecule has 0 aromatic carbocycles. The van der Waals surface area contributed by atoms with Gasteiger partial charge in [0.05, 0.1) is 37.1 Å². The molecule has 0 spiro atoms. The lowest BCUT2D eigenvalue weighted by Gasteiger charge is -2.47. The molecule has 44 heavy (non-hydrogen) atoms. The number of carbonyl (C=O) groups is 3. The summed E-state index contributed by atoms with van der Waals surface area (Å²) in [5.41, 5.74) is -2.96. The highest BCUT2D eigenvalue weighted by atomic mass is 16.7. The molecule has 3 rings (SSSR count). The van der Waals surface area contributed by atoms with Gasteiger partial charge in [-0.3, -0.25) is 14.4 Å². The number of hydrogen-bond acceptors (Lipinski definition) is 11. The summed E-state index contributed by atoms with van der Waals surface area (Å²) >= 11 is 0. The smallest absolute Gasteiger partial charge is 0.316 e. The molecule has 2 saturated heterocycles. The van der Waals surface area contributed by atoms with E-state index < -0.39 is 77.3 Å². The van der Waals surface area contributed by atoms with E-state index in [0.29, 0.717) is 6.42 Å². The number of fused-ring (bicyclic) bond motifs is 5. The second-order valence-corrected chi connectivity index (χ2v) is 13.7. The van der Waals surface area contributed by atoms with E-state index in [4.69, 9.17) is 23.7 Å². The van der Waals surface area contributed by atoms with Crippen LogP contribution in [0, 0.1) is 23.7 Å². The Morgan fingerprint density at radius 1 is 1.00 bits per heavy atom. The topological polar surface area (TPSA) is 141 Å². The number of rotatable bonds is 4. The van der Waals surface area contributed by atoms with Gasteiger partial charge in [0.15, 0.2) is 12.1 Å². The first kappa shape index (κ1) is 36.7. The SMILES string of the molecule is CC[C@H]1OC(=O)C(C)C(=O)[C@H](C)[C@@H](O[C@@H]2O[C@H](C)C[C@H](N(C)C)[C@H]2O)[C@]2(C)C[C@@H](C)C(=O)[C@H](C)[C@@H](OC/C=C/CO2)[C@]1(C)O. The molecule has 1 unspecified atom stereocenters. The molecular weight excluding hydrogens is 570 g/mol. The number of ether oxygens (including phenoxy) is 5. The average Bonchev–Trinajstić information content (AvgIpc) is 2.96. The van der Waals surface area contributed by atoms with E-state index in [1.165, 1.54) is 13.8 Å². The van der Waals surface area contributed by atoms with E-state index in [1.807, 2.05) is 25.9 Å². The van der Waals surface area contributed by atoms with Crippen LogP contribution in [-0.2, 0) is 38.1 Å². The number of cyclic esters (lactones) is 1. The summed E-state index contributed by atoms with van der Waals surface area (Å²) in [5, 5.41) is 23.1. The summed E-state index contributed by atoms with van der Waals surface area (Å²) < 4.78 is 31.0. The Labute approximate surface area is 262 Å². The minimum Gasteiger partial charge on any atom is -0.459 e. The fourth-order valence-electron chi connectivity index (χ4n) is 7.21. The first-order valence-corrected chi connectivity index (χ1v) is 16.0. The van der Waals surface area contributed by atoms with E-state index in [0.717, 1.165) is 0 Å². The number of ketones is 2. The van der Waals surface area contributed by atoms with Gasteiger partial charge in [-0.2, -0.15) is 0 Å². The van der Waals surface area contributed by atoms with Gasteiger partial charge in [0.25, 0.3) is 0 Å². The maximum Gasteiger partial charge on any atom is 0.316 e. The maximum absolute atomic E-state index is 14.0. The molecule has 3 aliphatic rings. The minimum atomic E-state index is -1.73. The van der Waals surface area contributed by atoms with Crippen LogP contribution in [0.4, 0.5) is 0 Å². The van der Waals surface area contributed by atoms with Crippen molar-refractivity contribution >= 4 is 17.5 Å². The first-order valence-electron chi connectivity index (χ1n) is 16.0. The van der Waals surface area contributed by atoms with Crippen molar-refractivity contribution < 1.29 is 48.3 Å². The van der Waals surface area contributed by atoms with Crippen LogP contribution in [0.2, 0.25) is 0 Å². The summed E-state index contributed by atoms with van der Waals surface area (Å²) in [5.74, 6) is -4.90. The van der Waals surface area contributed by atoms with E-state index in [-0.39, 0.29) is 44.0 Å². The molecule has 2 fully saturated rings. The van der Waals surface area contributed by atoms with Gasteiger partial charge in [0, 0.05) is 23.8 Å². The van der Waals surface area contributed by atoms with E-state index in [9.17, 15) is 24.6 Å². The maximum atomic E-state index is 14.0. The second kappa shape index (κ2) is 14.8. The molecule has 11 nitrogen and oxygen atoms in total. The van der Waals surface area contributed by atoms with Gasteiger partial charge in [0.1, 0.15) is 29.5 Å². The van der Waals surface area contributed by atoms with Gasteiger partial charge in [-0.1, -0.05) is 39.8 Å². The number of Topliss-reactive ketones (excluding diaryl/α,β-unsaturated/α-hetero) is 2. The third-order valence-corrected chi connectivity index (χ3v) is 9.85. The third kappa shape index (κ3) is 7.79. The van der Waals surface area contributed by atoms with Gasteiger partial charge < -0.3 is 38.8 Å². The molecule has 2 bridgehead atoms. The Hall–Kier alpha value is -1.73. The van der Waals surface area contributed by atoms with Crippen LogP contribution in [0.25, 0.3) is 0 Å². The van der Waals surface area contributed by atoms with Crippen molar-refractivity contribution in [2.75, 3.05) is 27.3 Å². The van der Waals surface area contributed by atoms with Crippen molar-refractivity contribution in [3.8, 4) is 0 Å². The van der Waals surface area contributed by atoms with Crippen LogP contribution in [-0.4, -0.2) is 114 Å². The number of esters is 1. The minimum absolute atomic E-state index is 0.0917. The standard InChI is InChI=1S/C33H55NO10/c1-11-24-33(8,39)29-20(4)25(35)18(2)17-32(7,41-15-13-12-14-40-29)28(21(5)26(36)22(6)30(38)43-24)44-31-27(37)23(34(9)10)16-19(3)42-31/h12-13,18-24,27-29,31,37,39H,11,14-17H2,1-10H3/b13-12+/t18-,19-,20+,21+,22?,23+,24-,27-,28-,29-,31+,32+,33-/m1/s1. The zero-order valence-electron chi connectivity index (χ0n) is 28.1. The number of hydrogen-bond donors (Lipinski definition) is 2. The second-order valence-electron chi connectivity index (χ2n) is 13.7. The average molecular weight is 626 g/mol. The van der Waals surface area contributed by atoms with Gasteiger partial charge in [0.2, 0.25) is 0 Å². The van der Waals surface area contributed by atoms with E-state index in [1.54, 1.807) is 46.8 Å². The lowest BCUT2D eigenvalue weighted by atomic mass is 9.74. The predicted octanol–water partition coefficient (Wildman–Crippen LogP) is 2.69. The van der Waals surface area contributed by atoms with Gasteiger partial charge >= 0.3 is 5.97 Å². The van der Waals surface area contributed by atoms with Crippen LogP contribution in [0.5, 0.6) is 0 Å². The van der Waals surface area contributed by atoms with Gasteiger partial charge in [-0.25, -0.2) is 0 Å². The molecule has 2 N–H and O–H groups in total. The Morgan fingerprint density at radius 2 is 1.64 bits per heavy atom. The van der Waals surface area contributed by atoms with Crippen molar-refractivity contribution in [1.29, 1.82) is 0 Å². The molecule has 0 aliphatic carbocycles. The summed E-state index contributed by atoms with van der Waals surface area (Å²) in [6.07, 6.45) is -0.891. The van der Waals surface area contributed by atoms with E-state index >= 15 is 0 Å². The highest BCUT2D eigenvalue weighted by Gasteiger charge is 2.52. The zero-order valence-corrected chi connectivity index (χ0v) is 28.1. The van der Waals surface area contributed by atoms with Gasteiger partial charge in [-0.05, 0) is 61.1 Å². The summed E-state index contributed by atoms with van der Waals surface area (Å²) in [6, 6.07) is -0.257. The predicted molar refractivity (Wildman–Crippen MR) is 163 cm³/mol. The zero-order chi connectivity index (χ0) is 33.1. The number of aliphatic hydroxyl groups is 2.